The van der Waals surface area contributed by atoms with Gasteiger partial charge < -0.3 is 0 Å². The van der Waals surface area contributed by atoms with Crippen molar-refractivity contribution < 1.29 is 0 Å². The van der Waals surface area contributed by atoms with Crippen molar-refractivity contribution >= 4 is 0 Å². The van der Waals surface area contributed by atoms with Gasteiger partial charge in [-0.15, -0.1) is 0 Å². The number of aryl methyl sites for hydroxylation is 1. The molecule has 0 spiro atoms. The molecule has 3 heteroatoms. The first-order valence-corrected chi connectivity index (χ1v) is 7.30. The molecule has 3 nitrogen and oxygen atoms in total. The lowest BCUT2D eigenvalue weighted by atomic mass is 10.0. The maximum Gasteiger partial charge on any atom is 0.128 e. The van der Waals surface area contributed by atoms with Crippen LogP contribution < -0.4 is 0 Å². The molecule has 0 aliphatic rings. The summed E-state index contributed by atoms with van der Waals surface area (Å²) in [4.78, 5) is 11.2. The van der Waals surface area contributed by atoms with Crippen molar-refractivity contribution in [1.82, 2.24) is 14.9 Å². The van der Waals surface area contributed by atoms with Gasteiger partial charge in [0.1, 0.15) is 5.82 Å². The Morgan fingerprint density at radius 1 is 1.10 bits per heavy atom. The molecular weight excluding hydrogens is 246 g/mol. The lowest BCUT2D eigenvalue weighted by molar-refractivity contribution is 0.227. The second-order valence-corrected chi connectivity index (χ2v) is 5.07. The Bertz CT molecular complexity index is 525. The first kappa shape index (κ1) is 14.7. The summed E-state index contributed by atoms with van der Waals surface area (Å²) < 4.78 is 0. The predicted octanol–water partition coefficient (Wildman–Crippen LogP) is 3.62. The fraction of sp³-hybridized carbons (Fsp3) is 0.412. The lowest BCUT2D eigenvalue weighted by Crippen LogP contribution is -2.24. The predicted molar refractivity (Wildman–Crippen MR) is 82.4 cm³/mol. The van der Waals surface area contributed by atoms with E-state index in [2.05, 4.69) is 66.1 Å². The van der Waals surface area contributed by atoms with Gasteiger partial charge in [0.2, 0.25) is 0 Å². The highest BCUT2D eigenvalue weighted by atomic mass is 15.1. The van der Waals surface area contributed by atoms with Gasteiger partial charge in [0.05, 0.1) is 5.69 Å². The van der Waals surface area contributed by atoms with Crippen molar-refractivity contribution in [3.8, 4) is 0 Å². The molecule has 0 saturated carbocycles. The molecule has 106 valence electrons. The summed E-state index contributed by atoms with van der Waals surface area (Å²) in [7, 11) is 2.16. The number of rotatable bonds is 6. The molecule has 1 aromatic carbocycles. The normalized spacial score (nSPS) is 12.6. The van der Waals surface area contributed by atoms with Gasteiger partial charge in [-0.25, -0.2) is 9.97 Å². The molecule has 1 aromatic heterocycles. The van der Waals surface area contributed by atoms with E-state index in [0.717, 1.165) is 30.9 Å². The van der Waals surface area contributed by atoms with E-state index < -0.39 is 0 Å². The molecule has 0 aliphatic carbocycles. The molecule has 0 radical (unpaired) electrons. The van der Waals surface area contributed by atoms with E-state index in [0.29, 0.717) is 6.04 Å². The standard InChI is InChI=1S/C17H23N3/c1-4-16(14-9-7-6-8-10-14)20(3)13-15-11-12-18-17(5-2)19-15/h6-12,16H,4-5,13H2,1-3H3. The summed E-state index contributed by atoms with van der Waals surface area (Å²) in [6.45, 7) is 5.16. The first-order chi connectivity index (χ1) is 9.74. The van der Waals surface area contributed by atoms with Crippen LogP contribution in [0.25, 0.3) is 0 Å². The van der Waals surface area contributed by atoms with Gasteiger partial charge >= 0.3 is 0 Å². The minimum absolute atomic E-state index is 0.427. The fourth-order valence-corrected chi connectivity index (χ4v) is 2.54. The Kier molecular flexibility index (Phi) is 5.24. The van der Waals surface area contributed by atoms with Gasteiger partial charge in [-0.2, -0.15) is 0 Å². The van der Waals surface area contributed by atoms with Crippen molar-refractivity contribution in [3.05, 3.63) is 59.7 Å². The third-order valence-electron chi connectivity index (χ3n) is 3.59. The topological polar surface area (TPSA) is 29.0 Å². The molecule has 0 amide bonds. The summed E-state index contributed by atoms with van der Waals surface area (Å²) in [6, 6.07) is 13.1. The zero-order valence-corrected chi connectivity index (χ0v) is 12.6. The highest BCUT2D eigenvalue weighted by Gasteiger charge is 2.15. The van der Waals surface area contributed by atoms with Gasteiger partial charge in [0.25, 0.3) is 0 Å². The molecule has 0 N–H and O–H groups in total. The van der Waals surface area contributed by atoms with Gasteiger partial charge in [-0.1, -0.05) is 44.2 Å². The van der Waals surface area contributed by atoms with Crippen molar-refractivity contribution in [2.24, 2.45) is 0 Å². The van der Waals surface area contributed by atoms with Gasteiger partial charge in [-0.3, -0.25) is 4.90 Å². The number of nitrogens with zero attached hydrogens (tertiary/aromatic N) is 3. The summed E-state index contributed by atoms with van der Waals surface area (Å²) in [5.41, 5.74) is 2.45. The largest absolute Gasteiger partial charge is 0.294 e. The monoisotopic (exact) mass is 269 g/mol. The Morgan fingerprint density at radius 2 is 1.85 bits per heavy atom. The fourth-order valence-electron chi connectivity index (χ4n) is 2.54. The Morgan fingerprint density at radius 3 is 2.50 bits per heavy atom. The van der Waals surface area contributed by atoms with Crippen LogP contribution in [-0.4, -0.2) is 21.9 Å². The second-order valence-electron chi connectivity index (χ2n) is 5.07. The van der Waals surface area contributed by atoms with Gasteiger partial charge in [0.15, 0.2) is 0 Å². The molecule has 1 atom stereocenters. The quantitative estimate of drug-likeness (QED) is 0.802. The number of aromatic nitrogens is 2. The SMILES string of the molecule is CCc1nccc(CN(C)C(CC)c2ccccc2)n1. The van der Waals surface area contributed by atoms with Crippen LogP contribution in [0.1, 0.15) is 43.4 Å². The zero-order valence-electron chi connectivity index (χ0n) is 12.6. The molecule has 2 aromatic rings. The van der Waals surface area contributed by atoms with Crippen LogP contribution in [0.4, 0.5) is 0 Å². The van der Waals surface area contributed by atoms with Gasteiger partial charge in [0, 0.05) is 25.2 Å². The highest BCUT2D eigenvalue weighted by molar-refractivity contribution is 5.19. The number of hydrogen-bond donors (Lipinski definition) is 0. The second kappa shape index (κ2) is 7.15. The van der Waals surface area contributed by atoms with Crippen LogP contribution >= 0.6 is 0 Å². The van der Waals surface area contributed by atoms with Crippen LogP contribution in [0, 0.1) is 0 Å². The average molecular weight is 269 g/mol. The van der Waals surface area contributed by atoms with Crippen LogP contribution in [0.2, 0.25) is 0 Å². The van der Waals surface area contributed by atoms with Crippen molar-refractivity contribution in [3.63, 3.8) is 0 Å². The third-order valence-corrected chi connectivity index (χ3v) is 3.59. The van der Waals surface area contributed by atoms with Crippen LogP contribution in [-0.2, 0) is 13.0 Å². The first-order valence-electron chi connectivity index (χ1n) is 7.30. The zero-order chi connectivity index (χ0) is 14.4. The summed E-state index contributed by atoms with van der Waals surface area (Å²) >= 11 is 0. The van der Waals surface area contributed by atoms with Crippen molar-refractivity contribution in [1.29, 1.82) is 0 Å². The maximum atomic E-state index is 4.59. The molecule has 0 fully saturated rings. The smallest absolute Gasteiger partial charge is 0.128 e. The Labute approximate surface area is 121 Å². The highest BCUT2D eigenvalue weighted by Crippen LogP contribution is 2.23. The van der Waals surface area contributed by atoms with Crippen LogP contribution in [0.3, 0.4) is 0 Å². The average Bonchev–Trinajstić information content (AvgIpc) is 2.49. The lowest BCUT2D eigenvalue weighted by Gasteiger charge is -2.27. The van der Waals surface area contributed by atoms with Crippen LogP contribution in [0.15, 0.2) is 42.6 Å². The number of benzene rings is 1. The Hall–Kier alpha value is -1.74. The van der Waals surface area contributed by atoms with Gasteiger partial charge in [-0.05, 0) is 25.1 Å². The molecule has 20 heavy (non-hydrogen) atoms. The van der Waals surface area contributed by atoms with Crippen molar-refractivity contribution in [2.45, 2.75) is 39.3 Å². The van der Waals surface area contributed by atoms with Crippen LogP contribution in [0.5, 0.6) is 0 Å². The molecule has 1 heterocycles. The summed E-state index contributed by atoms with van der Waals surface area (Å²) in [5, 5.41) is 0. The molecular formula is C17H23N3. The summed E-state index contributed by atoms with van der Waals surface area (Å²) in [5.74, 6) is 0.920. The summed E-state index contributed by atoms with van der Waals surface area (Å²) in [6.07, 6.45) is 3.83. The Balaban J connectivity index is 2.11. The molecule has 0 saturated heterocycles. The minimum atomic E-state index is 0.427. The molecule has 0 bridgehead atoms. The van der Waals surface area contributed by atoms with E-state index in [-0.39, 0.29) is 0 Å². The van der Waals surface area contributed by atoms with E-state index >= 15 is 0 Å². The van der Waals surface area contributed by atoms with E-state index in [1.165, 1.54) is 5.56 Å². The molecule has 1 unspecified atom stereocenters. The molecule has 0 aliphatic heterocycles. The van der Waals surface area contributed by atoms with E-state index in [4.69, 9.17) is 0 Å². The van der Waals surface area contributed by atoms with E-state index in [9.17, 15) is 0 Å². The van der Waals surface area contributed by atoms with Crippen molar-refractivity contribution in [2.75, 3.05) is 7.05 Å². The van der Waals surface area contributed by atoms with E-state index in [1.54, 1.807) is 0 Å². The minimum Gasteiger partial charge on any atom is -0.294 e. The number of hydrogen-bond acceptors (Lipinski definition) is 3. The third kappa shape index (κ3) is 3.64. The maximum absolute atomic E-state index is 4.59. The molecule has 2 rings (SSSR count). The van der Waals surface area contributed by atoms with E-state index in [1.807, 2.05) is 12.3 Å².